The predicted molar refractivity (Wildman–Crippen MR) is 128 cm³/mol. The number of carbonyl (C=O) groups is 1. The number of fused-ring (bicyclic) bond motifs is 2. The topological polar surface area (TPSA) is 106 Å². The molecule has 0 saturated heterocycles. The van der Waals surface area contributed by atoms with Gasteiger partial charge in [-0.3, -0.25) is 4.79 Å². The van der Waals surface area contributed by atoms with Crippen LogP contribution >= 0.6 is 23.1 Å². The summed E-state index contributed by atoms with van der Waals surface area (Å²) in [6.07, 6.45) is 7.31. The van der Waals surface area contributed by atoms with Crippen molar-refractivity contribution in [2.24, 2.45) is 0 Å². The molecule has 0 saturated carbocycles. The van der Waals surface area contributed by atoms with Crippen LogP contribution in [0.4, 0.5) is 5.00 Å². The number of thioether (sulfide) groups is 1. The molecule has 166 valence electrons. The number of amides is 1. The number of hydrogen-bond donors (Lipinski definition) is 1. The van der Waals surface area contributed by atoms with Gasteiger partial charge in [-0.05, 0) is 55.5 Å². The molecule has 3 aromatic heterocycles. The van der Waals surface area contributed by atoms with Gasteiger partial charge in [0.1, 0.15) is 28.2 Å². The van der Waals surface area contributed by atoms with E-state index in [1.165, 1.54) is 34.3 Å². The van der Waals surface area contributed by atoms with E-state index in [1.54, 1.807) is 18.0 Å². The van der Waals surface area contributed by atoms with Gasteiger partial charge in [0.25, 0.3) is 0 Å². The van der Waals surface area contributed by atoms with Crippen LogP contribution in [0.2, 0.25) is 0 Å². The van der Waals surface area contributed by atoms with Crippen LogP contribution in [0.5, 0.6) is 5.75 Å². The van der Waals surface area contributed by atoms with Crippen molar-refractivity contribution >= 4 is 45.0 Å². The van der Waals surface area contributed by atoms with Crippen LogP contribution in [0, 0.1) is 11.3 Å². The van der Waals surface area contributed by atoms with Gasteiger partial charge in [-0.15, -0.1) is 11.3 Å². The first-order chi connectivity index (χ1) is 16.2. The molecule has 0 radical (unpaired) electrons. The van der Waals surface area contributed by atoms with Gasteiger partial charge in [-0.1, -0.05) is 11.8 Å². The van der Waals surface area contributed by atoms with Gasteiger partial charge in [0.2, 0.25) is 5.91 Å². The van der Waals surface area contributed by atoms with E-state index in [4.69, 9.17) is 4.74 Å². The van der Waals surface area contributed by atoms with Crippen molar-refractivity contribution in [3.63, 3.8) is 0 Å². The average molecular weight is 477 g/mol. The van der Waals surface area contributed by atoms with Gasteiger partial charge in [-0.2, -0.15) is 10.4 Å². The first-order valence-corrected chi connectivity index (χ1v) is 12.3. The Morgan fingerprint density at radius 1 is 1.27 bits per heavy atom. The molecule has 10 heteroatoms. The number of carbonyl (C=O) groups excluding carboxylic acids is 1. The molecule has 3 heterocycles. The van der Waals surface area contributed by atoms with Crippen LogP contribution in [0.15, 0.2) is 41.8 Å². The maximum absolute atomic E-state index is 12.7. The minimum Gasteiger partial charge on any atom is -0.497 e. The summed E-state index contributed by atoms with van der Waals surface area (Å²) < 4.78 is 6.95. The van der Waals surface area contributed by atoms with Crippen LogP contribution in [0.1, 0.15) is 28.8 Å². The number of thiophene rings is 1. The first-order valence-electron chi connectivity index (χ1n) is 10.5. The number of aryl methyl sites for hydroxylation is 1. The first kappa shape index (κ1) is 21.4. The summed E-state index contributed by atoms with van der Waals surface area (Å²) in [5.41, 5.74) is 3.25. The lowest BCUT2D eigenvalue weighted by molar-refractivity contribution is -0.113. The van der Waals surface area contributed by atoms with Crippen molar-refractivity contribution in [1.29, 1.82) is 5.26 Å². The quantitative estimate of drug-likeness (QED) is 0.325. The van der Waals surface area contributed by atoms with Crippen molar-refractivity contribution in [1.82, 2.24) is 19.7 Å². The normalized spacial score (nSPS) is 12.8. The lowest BCUT2D eigenvalue weighted by Gasteiger charge is -2.09. The van der Waals surface area contributed by atoms with Crippen LogP contribution in [0.3, 0.4) is 0 Å². The van der Waals surface area contributed by atoms with E-state index in [9.17, 15) is 10.1 Å². The number of ether oxygens (including phenoxy) is 1. The largest absolute Gasteiger partial charge is 0.497 e. The third-order valence-electron chi connectivity index (χ3n) is 5.52. The van der Waals surface area contributed by atoms with Crippen molar-refractivity contribution < 1.29 is 9.53 Å². The third-order valence-corrected chi connectivity index (χ3v) is 7.73. The Kier molecular flexibility index (Phi) is 5.98. The molecule has 0 atom stereocenters. The van der Waals surface area contributed by atoms with Crippen LogP contribution < -0.4 is 10.1 Å². The number of nitrogens with one attached hydrogen (secondary N) is 1. The third kappa shape index (κ3) is 4.17. The highest BCUT2D eigenvalue weighted by Crippen LogP contribution is 2.37. The molecular weight excluding hydrogens is 456 g/mol. The zero-order valence-corrected chi connectivity index (χ0v) is 19.5. The highest BCUT2D eigenvalue weighted by molar-refractivity contribution is 8.00. The number of nitriles is 1. The maximum Gasteiger partial charge on any atom is 0.235 e. The average Bonchev–Trinajstić information content (AvgIpc) is 3.44. The zero-order chi connectivity index (χ0) is 22.8. The Balaban J connectivity index is 1.32. The number of hydrogen-bond acceptors (Lipinski definition) is 8. The number of anilines is 1. The van der Waals surface area contributed by atoms with Gasteiger partial charge in [-0.25, -0.2) is 14.6 Å². The minimum absolute atomic E-state index is 0.163. The Hall–Kier alpha value is -3.42. The Morgan fingerprint density at radius 2 is 2.09 bits per heavy atom. The molecule has 0 fully saturated rings. The molecule has 1 aromatic carbocycles. The standard InChI is InChI=1S/C23H20N6O2S2/c1-31-15-8-6-14(7-9-15)29-21-18(11-27-29)22(26-13-25-21)32-12-20(30)28-23-17(10-24)16-4-2-3-5-19(16)33-23/h6-9,11,13H,2-5,12H2,1H3,(H,28,30). The van der Waals surface area contributed by atoms with E-state index in [1.807, 2.05) is 24.3 Å². The molecule has 8 nitrogen and oxygen atoms in total. The summed E-state index contributed by atoms with van der Waals surface area (Å²) in [6, 6.07) is 9.82. The molecule has 1 N–H and O–H groups in total. The SMILES string of the molecule is COc1ccc(-n2ncc3c(SCC(=O)Nc4sc5c(c4C#N)CCCC5)ncnc32)cc1. The molecule has 5 rings (SSSR count). The molecular formula is C23H20N6O2S2. The minimum atomic E-state index is -0.163. The molecule has 4 aromatic rings. The number of methoxy groups -OCH3 is 1. The van der Waals surface area contributed by atoms with Crippen molar-refractivity contribution in [2.45, 2.75) is 30.7 Å². The number of benzene rings is 1. The van der Waals surface area contributed by atoms with E-state index in [0.717, 1.165) is 48.1 Å². The molecule has 1 aliphatic carbocycles. The number of nitrogens with zero attached hydrogens (tertiary/aromatic N) is 5. The highest BCUT2D eigenvalue weighted by atomic mass is 32.2. The highest BCUT2D eigenvalue weighted by Gasteiger charge is 2.22. The lowest BCUT2D eigenvalue weighted by Crippen LogP contribution is -2.14. The van der Waals surface area contributed by atoms with E-state index < -0.39 is 0 Å². The predicted octanol–water partition coefficient (Wildman–Crippen LogP) is 4.37. The monoisotopic (exact) mass is 476 g/mol. The molecule has 0 bridgehead atoms. The summed E-state index contributed by atoms with van der Waals surface area (Å²) in [7, 11) is 1.62. The van der Waals surface area contributed by atoms with Crippen LogP contribution in [-0.4, -0.2) is 38.5 Å². The van der Waals surface area contributed by atoms with Gasteiger partial charge < -0.3 is 10.1 Å². The fourth-order valence-corrected chi connectivity index (χ4v) is 5.94. The van der Waals surface area contributed by atoms with Crippen LogP contribution in [0.25, 0.3) is 16.7 Å². The van der Waals surface area contributed by atoms with E-state index in [0.29, 0.717) is 21.2 Å². The Labute approximate surface area is 198 Å². The Bertz CT molecular complexity index is 1370. The van der Waals surface area contributed by atoms with Gasteiger partial charge in [0.05, 0.1) is 35.7 Å². The zero-order valence-electron chi connectivity index (χ0n) is 17.9. The fraction of sp³-hybridized carbons (Fsp3) is 0.261. The molecule has 1 amide bonds. The summed E-state index contributed by atoms with van der Waals surface area (Å²) in [4.78, 5) is 22.6. The fourth-order valence-electron chi connectivity index (χ4n) is 3.92. The number of rotatable bonds is 6. The molecule has 0 unspecified atom stereocenters. The Morgan fingerprint density at radius 3 is 2.88 bits per heavy atom. The van der Waals surface area contributed by atoms with Crippen molar-refractivity contribution in [2.75, 3.05) is 18.2 Å². The van der Waals surface area contributed by atoms with Gasteiger partial charge >= 0.3 is 0 Å². The summed E-state index contributed by atoms with van der Waals surface area (Å²) in [5.74, 6) is 0.774. The molecule has 0 aliphatic heterocycles. The molecule has 0 spiro atoms. The van der Waals surface area contributed by atoms with Gasteiger partial charge in [0.15, 0.2) is 5.65 Å². The summed E-state index contributed by atoms with van der Waals surface area (Å²) >= 11 is 2.86. The van der Waals surface area contributed by atoms with E-state index in [2.05, 4.69) is 26.5 Å². The van der Waals surface area contributed by atoms with Gasteiger partial charge in [0, 0.05) is 4.88 Å². The smallest absolute Gasteiger partial charge is 0.235 e. The second kappa shape index (κ2) is 9.21. The van der Waals surface area contributed by atoms with E-state index in [-0.39, 0.29) is 11.7 Å². The van der Waals surface area contributed by atoms with E-state index >= 15 is 0 Å². The van der Waals surface area contributed by atoms with Crippen LogP contribution in [-0.2, 0) is 17.6 Å². The molecule has 33 heavy (non-hydrogen) atoms. The maximum atomic E-state index is 12.7. The summed E-state index contributed by atoms with van der Waals surface area (Å²) in [6.45, 7) is 0. The van der Waals surface area contributed by atoms with Crippen molar-refractivity contribution in [3.05, 3.63) is 52.8 Å². The number of aromatic nitrogens is 4. The molecule has 1 aliphatic rings. The second-order valence-electron chi connectivity index (χ2n) is 7.53. The second-order valence-corrected chi connectivity index (χ2v) is 9.60. The summed E-state index contributed by atoms with van der Waals surface area (Å²) in [5, 5.41) is 19.1. The lowest BCUT2D eigenvalue weighted by atomic mass is 9.96. The van der Waals surface area contributed by atoms with Crippen molar-refractivity contribution in [3.8, 4) is 17.5 Å².